The summed E-state index contributed by atoms with van der Waals surface area (Å²) in [5.74, 6) is 0.726. The Morgan fingerprint density at radius 3 is 2.70 bits per heavy atom. The van der Waals surface area contributed by atoms with E-state index in [4.69, 9.17) is 10.2 Å². The van der Waals surface area contributed by atoms with E-state index in [9.17, 15) is 4.79 Å². The minimum Gasteiger partial charge on any atom is -0.468 e. The number of nitrogens with zero attached hydrogens (tertiary/aromatic N) is 4. The highest BCUT2D eigenvalue weighted by Gasteiger charge is 2.26. The average molecular weight is 277 g/mol. The molecule has 0 bridgehead atoms. The molecule has 1 aliphatic rings. The highest BCUT2D eigenvalue weighted by Crippen LogP contribution is 2.13. The Hall–Kier alpha value is -2.35. The fourth-order valence-electron chi connectivity index (χ4n) is 2.23. The normalized spacial score (nSPS) is 16.5. The second kappa shape index (κ2) is 5.33. The number of carbonyl (C=O) groups is 1. The third-order valence-electron chi connectivity index (χ3n) is 3.34. The second-order valence-electron chi connectivity index (χ2n) is 4.65. The Balaban J connectivity index is 1.56. The molecule has 0 saturated carbocycles. The van der Waals surface area contributed by atoms with Crippen molar-refractivity contribution in [2.75, 3.05) is 31.9 Å². The van der Waals surface area contributed by atoms with E-state index in [-0.39, 0.29) is 17.4 Å². The summed E-state index contributed by atoms with van der Waals surface area (Å²) in [6, 6.07) is 3.81. The maximum atomic E-state index is 12.2. The van der Waals surface area contributed by atoms with E-state index in [0.29, 0.717) is 13.1 Å². The number of hydrogen-bond acceptors (Lipinski definition) is 7. The fraction of sp³-hybridized carbons (Fsp3) is 0.417. The molecule has 2 N–H and O–H groups in total. The van der Waals surface area contributed by atoms with Crippen LogP contribution in [0.3, 0.4) is 0 Å². The van der Waals surface area contributed by atoms with Crippen LogP contribution in [0.5, 0.6) is 0 Å². The topological polar surface area (TPSA) is 102 Å². The van der Waals surface area contributed by atoms with Gasteiger partial charge in [-0.25, -0.2) is 4.63 Å². The van der Waals surface area contributed by atoms with Gasteiger partial charge in [0.1, 0.15) is 5.76 Å². The number of piperazine rings is 1. The molecule has 1 saturated heterocycles. The average Bonchev–Trinajstić information content (AvgIpc) is 3.10. The van der Waals surface area contributed by atoms with Crippen LogP contribution in [0.4, 0.5) is 5.82 Å². The summed E-state index contributed by atoms with van der Waals surface area (Å²) in [5, 5.41) is 6.96. The summed E-state index contributed by atoms with van der Waals surface area (Å²) in [5.41, 5.74) is 5.62. The summed E-state index contributed by atoms with van der Waals surface area (Å²) in [7, 11) is 0. The number of rotatable bonds is 3. The third-order valence-corrected chi connectivity index (χ3v) is 3.34. The van der Waals surface area contributed by atoms with Crippen LogP contribution in [-0.2, 0) is 6.54 Å². The lowest BCUT2D eigenvalue weighted by Gasteiger charge is -2.33. The van der Waals surface area contributed by atoms with E-state index in [1.54, 1.807) is 11.2 Å². The molecule has 3 rings (SSSR count). The lowest BCUT2D eigenvalue weighted by atomic mass is 10.2. The SMILES string of the molecule is Nc1nonc1C(=O)N1CCN(Cc2ccco2)CC1. The van der Waals surface area contributed by atoms with E-state index in [1.807, 2.05) is 12.1 Å². The van der Waals surface area contributed by atoms with Crippen molar-refractivity contribution in [1.82, 2.24) is 20.1 Å². The molecule has 0 unspecified atom stereocenters. The minimum absolute atomic E-state index is 0.0352. The summed E-state index contributed by atoms with van der Waals surface area (Å²) in [6.45, 7) is 3.54. The first-order valence-electron chi connectivity index (χ1n) is 6.36. The first-order chi connectivity index (χ1) is 9.74. The van der Waals surface area contributed by atoms with Crippen molar-refractivity contribution >= 4 is 11.7 Å². The molecule has 1 amide bonds. The number of furan rings is 1. The van der Waals surface area contributed by atoms with Gasteiger partial charge in [-0.2, -0.15) is 0 Å². The fourth-order valence-corrected chi connectivity index (χ4v) is 2.23. The van der Waals surface area contributed by atoms with E-state index >= 15 is 0 Å². The summed E-state index contributed by atoms with van der Waals surface area (Å²) in [6.07, 6.45) is 1.66. The van der Waals surface area contributed by atoms with E-state index in [1.165, 1.54) is 0 Å². The minimum atomic E-state index is -0.235. The van der Waals surface area contributed by atoms with E-state index in [2.05, 4.69) is 19.8 Å². The van der Waals surface area contributed by atoms with Crippen LogP contribution in [0.15, 0.2) is 27.4 Å². The van der Waals surface area contributed by atoms with Crippen molar-refractivity contribution in [3.05, 3.63) is 29.9 Å². The van der Waals surface area contributed by atoms with Gasteiger partial charge in [0.05, 0.1) is 12.8 Å². The molecule has 8 nitrogen and oxygen atoms in total. The zero-order valence-corrected chi connectivity index (χ0v) is 10.9. The van der Waals surface area contributed by atoms with Gasteiger partial charge < -0.3 is 15.1 Å². The maximum Gasteiger partial charge on any atom is 0.280 e. The molecule has 1 aliphatic heterocycles. The monoisotopic (exact) mass is 277 g/mol. The molecule has 8 heteroatoms. The number of aromatic nitrogens is 2. The molecule has 106 valence electrons. The van der Waals surface area contributed by atoms with Gasteiger partial charge in [-0.15, -0.1) is 0 Å². The van der Waals surface area contributed by atoms with Crippen LogP contribution in [0, 0.1) is 0 Å². The van der Waals surface area contributed by atoms with Crippen LogP contribution in [-0.4, -0.2) is 52.2 Å². The number of amides is 1. The van der Waals surface area contributed by atoms with Crippen molar-refractivity contribution in [3.63, 3.8) is 0 Å². The largest absolute Gasteiger partial charge is 0.468 e. The molecule has 0 atom stereocenters. The number of hydrogen-bond donors (Lipinski definition) is 1. The van der Waals surface area contributed by atoms with Gasteiger partial charge >= 0.3 is 0 Å². The number of carbonyl (C=O) groups excluding carboxylic acids is 1. The molecule has 3 heterocycles. The van der Waals surface area contributed by atoms with Crippen LogP contribution in [0.2, 0.25) is 0 Å². The van der Waals surface area contributed by atoms with Crippen LogP contribution < -0.4 is 5.73 Å². The predicted octanol–water partition coefficient (Wildman–Crippen LogP) is 0.203. The zero-order chi connectivity index (χ0) is 13.9. The van der Waals surface area contributed by atoms with Gasteiger partial charge in [-0.1, -0.05) is 0 Å². The lowest BCUT2D eigenvalue weighted by molar-refractivity contribution is 0.0610. The van der Waals surface area contributed by atoms with Crippen molar-refractivity contribution in [3.8, 4) is 0 Å². The first-order valence-corrected chi connectivity index (χ1v) is 6.36. The lowest BCUT2D eigenvalue weighted by Crippen LogP contribution is -2.48. The molecular formula is C12H15N5O3. The van der Waals surface area contributed by atoms with Crippen LogP contribution in [0.1, 0.15) is 16.2 Å². The Labute approximate surface area is 115 Å². The van der Waals surface area contributed by atoms with Gasteiger partial charge in [-0.3, -0.25) is 9.69 Å². The molecule has 20 heavy (non-hydrogen) atoms. The van der Waals surface area contributed by atoms with E-state index < -0.39 is 0 Å². The molecule has 0 aromatic carbocycles. The van der Waals surface area contributed by atoms with Gasteiger partial charge in [0.2, 0.25) is 11.5 Å². The van der Waals surface area contributed by atoms with E-state index in [0.717, 1.165) is 25.4 Å². The van der Waals surface area contributed by atoms with Crippen molar-refractivity contribution in [2.24, 2.45) is 0 Å². The molecule has 2 aromatic rings. The molecule has 0 radical (unpaired) electrons. The molecule has 0 aliphatic carbocycles. The van der Waals surface area contributed by atoms with Crippen LogP contribution >= 0.6 is 0 Å². The van der Waals surface area contributed by atoms with Crippen molar-refractivity contribution in [2.45, 2.75) is 6.54 Å². The van der Waals surface area contributed by atoms with Gasteiger partial charge in [0, 0.05) is 26.2 Å². The third kappa shape index (κ3) is 2.50. The zero-order valence-electron chi connectivity index (χ0n) is 10.9. The van der Waals surface area contributed by atoms with Crippen LogP contribution in [0.25, 0.3) is 0 Å². The maximum absolute atomic E-state index is 12.2. The Kier molecular flexibility index (Phi) is 3.38. The quantitative estimate of drug-likeness (QED) is 0.855. The first kappa shape index (κ1) is 12.7. The second-order valence-corrected chi connectivity index (χ2v) is 4.65. The molecular weight excluding hydrogens is 262 g/mol. The standard InChI is InChI=1S/C12H15N5O3/c13-11-10(14-20-15-11)12(18)17-5-3-16(4-6-17)8-9-2-1-7-19-9/h1-2,7H,3-6,8H2,(H2,13,15). The van der Waals surface area contributed by atoms with Gasteiger partial charge in [0.25, 0.3) is 5.91 Å². The molecule has 0 spiro atoms. The summed E-state index contributed by atoms with van der Waals surface area (Å²) in [4.78, 5) is 16.1. The molecule has 1 fully saturated rings. The summed E-state index contributed by atoms with van der Waals surface area (Å²) >= 11 is 0. The number of nitrogen functional groups attached to an aromatic ring is 1. The van der Waals surface area contributed by atoms with Gasteiger partial charge in [0.15, 0.2) is 0 Å². The smallest absolute Gasteiger partial charge is 0.280 e. The number of nitrogens with two attached hydrogens (primary N) is 1. The predicted molar refractivity (Wildman–Crippen MR) is 68.6 cm³/mol. The highest BCUT2D eigenvalue weighted by atomic mass is 16.6. The Bertz CT molecular complexity index is 572. The summed E-state index contributed by atoms with van der Waals surface area (Å²) < 4.78 is 9.77. The Morgan fingerprint density at radius 2 is 2.10 bits per heavy atom. The number of anilines is 1. The van der Waals surface area contributed by atoms with Crippen molar-refractivity contribution in [1.29, 1.82) is 0 Å². The Morgan fingerprint density at radius 1 is 1.30 bits per heavy atom. The van der Waals surface area contributed by atoms with Gasteiger partial charge in [-0.05, 0) is 22.4 Å². The molecule has 2 aromatic heterocycles. The van der Waals surface area contributed by atoms with Crippen molar-refractivity contribution < 1.29 is 13.8 Å². The highest BCUT2D eigenvalue weighted by molar-refractivity contribution is 5.96.